The number of aromatic nitrogens is 1. The third kappa shape index (κ3) is 3.52. The van der Waals surface area contributed by atoms with E-state index in [1.165, 1.54) is 0 Å². The number of carbonyl (C=O) groups excluding carboxylic acids is 1. The molecule has 4 atom stereocenters. The normalized spacial score (nSPS) is 24.3. The highest BCUT2D eigenvalue weighted by Crippen LogP contribution is 2.50. The molecule has 4 N–H and O–H groups in total. The van der Waals surface area contributed by atoms with E-state index in [-0.39, 0.29) is 18.0 Å². The first-order valence-electron chi connectivity index (χ1n) is 9.93. The molecule has 150 valence electrons. The predicted octanol–water partition coefficient (Wildman–Crippen LogP) is 2.78. The second kappa shape index (κ2) is 7.37. The van der Waals surface area contributed by atoms with Crippen molar-refractivity contribution in [3.63, 3.8) is 0 Å². The summed E-state index contributed by atoms with van der Waals surface area (Å²) in [5.74, 6) is 0.225. The van der Waals surface area contributed by atoms with Gasteiger partial charge in [-0.2, -0.15) is 5.26 Å². The number of anilines is 2. The number of nitrogens with one attached hydrogen (secondary N) is 1. The van der Waals surface area contributed by atoms with Crippen molar-refractivity contribution in [2.45, 2.75) is 45.0 Å². The molecule has 1 aromatic heterocycles. The van der Waals surface area contributed by atoms with E-state index >= 15 is 0 Å². The Hall–Kier alpha value is -3.11. The summed E-state index contributed by atoms with van der Waals surface area (Å²) in [5.41, 5.74) is 8.98. The number of carbonyl (C=O) groups is 1. The average molecular weight is 391 g/mol. The third-order valence-electron chi connectivity index (χ3n) is 6.02. The fraction of sp³-hybridized carbons (Fsp3) is 0.409. The molecule has 1 aliphatic heterocycles. The van der Waals surface area contributed by atoms with E-state index in [1.54, 1.807) is 25.3 Å². The van der Waals surface area contributed by atoms with E-state index in [2.05, 4.69) is 22.1 Å². The van der Waals surface area contributed by atoms with Crippen molar-refractivity contribution in [1.82, 2.24) is 4.98 Å². The van der Waals surface area contributed by atoms with Gasteiger partial charge in [-0.15, -0.1) is 0 Å². The number of hydrogen-bond acceptors (Lipinski definition) is 6. The molecule has 0 bridgehead atoms. The number of aliphatic hydroxyl groups excluding tert-OH is 1. The van der Waals surface area contributed by atoms with Gasteiger partial charge in [-0.1, -0.05) is 6.92 Å². The molecule has 29 heavy (non-hydrogen) atoms. The molecule has 1 saturated carbocycles. The van der Waals surface area contributed by atoms with E-state index < -0.39 is 12.1 Å². The first kappa shape index (κ1) is 19.2. The van der Waals surface area contributed by atoms with E-state index in [9.17, 15) is 9.90 Å². The van der Waals surface area contributed by atoms with Crippen molar-refractivity contribution in [3.8, 4) is 6.07 Å². The van der Waals surface area contributed by atoms with Crippen LogP contribution in [0.3, 0.4) is 0 Å². The maximum absolute atomic E-state index is 11.8. The van der Waals surface area contributed by atoms with Crippen LogP contribution in [0.2, 0.25) is 0 Å². The molecule has 2 aliphatic rings. The highest BCUT2D eigenvalue weighted by molar-refractivity contribution is 5.93. The Bertz CT molecular complexity index is 962. The fourth-order valence-corrected chi connectivity index (χ4v) is 4.57. The van der Waals surface area contributed by atoms with Crippen LogP contribution in [-0.4, -0.2) is 28.3 Å². The minimum absolute atomic E-state index is 0.0837. The Balaban J connectivity index is 1.79. The predicted molar refractivity (Wildman–Crippen MR) is 110 cm³/mol. The number of nitrogens with two attached hydrogens (primary N) is 1. The maximum atomic E-state index is 11.8. The summed E-state index contributed by atoms with van der Waals surface area (Å²) in [4.78, 5) is 18.0. The van der Waals surface area contributed by atoms with Crippen LogP contribution in [0.4, 0.5) is 11.4 Å². The molecule has 7 heteroatoms. The number of nitrogens with zero attached hydrogens (tertiary/aromatic N) is 3. The summed E-state index contributed by atoms with van der Waals surface area (Å²) >= 11 is 0. The summed E-state index contributed by atoms with van der Waals surface area (Å²) in [6.45, 7) is 3.96. The van der Waals surface area contributed by atoms with Crippen LogP contribution in [0.1, 0.15) is 54.3 Å². The number of nitriles is 1. The van der Waals surface area contributed by atoms with Gasteiger partial charge in [0.15, 0.2) is 0 Å². The molecule has 2 aromatic rings. The number of hydrogen-bond donors (Lipinski definition) is 3. The molecule has 1 amide bonds. The minimum atomic E-state index is -0.640. The van der Waals surface area contributed by atoms with Crippen LogP contribution in [0.5, 0.6) is 0 Å². The van der Waals surface area contributed by atoms with E-state index in [1.807, 2.05) is 24.3 Å². The number of pyridine rings is 1. The molecular formula is C22H25N5O2. The number of aliphatic hydroxyl groups is 1. The van der Waals surface area contributed by atoms with Crippen LogP contribution < -0.4 is 16.0 Å². The molecule has 1 aromatic carbocycles. The lowest BCUT2D eigenvalue weighted by atomic mass is 9.79. The van der Waals surface area contributed by atoms with E-state index in [0.717, 1.165) is 29.8 Å². The van der Waals surface area contributed by atoms with Gasteiger partial charge >= 0.3 is 0 Å². The van der Waals surface area contributed by atoms with Crippen molar-refractivity contribution < 1.29 is 9.90 Å². The van der Waals surface area contributed by atoms with Gasteiger partial charge < -0.3 is 21.1 Å². The second-order valence-corrected chi connectivity index (χ2v) is 8.03. The molecule has 7 nitrogen and oxygen atoms in total. The number of primary amides is 1. The number of fused-ring (bicyclic) bond motifs is 1. The zero-order chi connectivity index (χ0) is 20.7. The Morgan fingerprint density at radius 3 is 2.69 bits per heavy atom. The Kier molecular flexibility index (Phi) is 4.89. The molecule has 4 rings (SSSR count). The molecular weight excluding hydrogens is 366 g/mol. The van der Waals surface area contributed by atoms with Gasteiger partial charge in [0.2, 0.25) is 5.91 Å². The topological polar surface area (TPSA) is 115 Å². The number of benzene rings is 1. The molecule has 0 radical (unpaired) electrons. The van der Waals surface area contributed by atoms with Crippen molar-refractivity contribution in [1.29, 1.82) is 5.26 Å². The maximum Gasteiger partial charge on any atom is 0.248 e. The summed E-state index contributed by atoms with van der Waals surface area (Å²) in [7, 11) is 0. The summed E-state index contributed by atoms with van der Waals surface area (Å²) in [6.07, 6.45) is 3.31. The monoisotopic (exact) mass is 391 g/mol. The van der Waals surface area contributed by atoms with Crippen LogP contribution in [0.15, 0.2) is 36.5 Å². The fourth-order valence-electron chi connectivity index (χ4n) is 4.57. The Morgan fingerprint density at radius 2 is 2.14 bits per heavy atom. The van der Waals surface area contributed by atoms with Crippen LogP contribution in [0, 0.1) is 23.2 Å². The Labute approximate surface area is 170 Å². The van der Waals surface area contributed by atoms with Gasteiger partial charge in [-0.05, 0) is 61.6 Å². The molecule has 1 fully saturated rings. The smallest absolute Gasteiger partial charge is 0.248 e. The van der Waals surface area contributed by atoms with Crippen LogP contribution >= 0.6 is 0 Å². The summed E-state index contributed by atoms with van der Waals surface area (Å²) in [6, 6.07) is 11.1. The molecule has 1 aliphatic carbocycles. The van der Waals surface area contributed by atoms with Crippen LogP contribution in [0.25, 0.3) is 0 Å². The molecule has 2 heterocycles. The quantitative estimate of drug-likeness (QED) is 0.722. The van der Waals surface area contributed by atoms with Crippen molar-refractivity contribution in [3.05, 3.63) is 53.3 Å². The first-order valence-corrected chi connectivity index (χ1v) is 9.93. The van der Waals surface area contributed by atoms with E-state index in [0.29, 0.717) is 17.2 Å². The van der Waals surface area contributed by atoms with E-state index in [4.69, 9.17) is 11.0 Å². The highest BCUT2D eigenvalue weighted by Gasteiger charge is 2.47. The third-order valence-corrected chi connectivity index (χ3v) is 6.02. The highest BCUT2D eigenvalue weighted by atomic mass is 16.3. The number of amides is 1. The van der Waals surface area contributed by atoms with Crippen molar-refractivity contribution in [2.24, 2.45) is 17.6 Å². The van der Waals surface area contributed by atoms with Crippen LogP contribution in [-0.2, 0) is 0 Å². The Morgan fingerprint density at radius 1 is 1.38 bits per heavy atom. The van der Waals surface area contributed by atoms with Gasteiger partial charge in [0.05, 0.1) is 17.9 Å². The summed E-state index contributed by atoms with van der Waals surface area (Å²) in [5, 5.41) is 23.1. The van der Waals surface area contributed by atoms with Crippen molar-refractivity contribution in [2.75, 3.05) is 10.2 Å². The minimum Gasteiger partial charge on any atom is -0.377 e. The molecule has 0 saturated heterocycles. The van der Waals surface area contributed by atoms with Gasteiger partial charge in [0, 0.05) is 23.2 Å². The zero-order valence-electron chi connectivity index (χ0n) is 16.5. The second-order valence-electron chi connectivity index (χ2n) is 8.03. The van der Waals surface area contributed by atoms with Gasteiger partial charge in [-0.3, -0.25) is 4.79 Å². The lowest BCUT2D eigenvalue weighted by molar-refractivity contribution is 0.1000. The lowest BCUT2D eigenvalue weighted by Crippen LogP contribution is -2.52. The van der Waals surface area contributed by atoms with Gasteiger partial charge in [-0.25, -0.2) is 4.98 Å². The van der Waals surface area contributed by atoms with Gasteiger partial charge in [0.25, 0.3) is 0 Å². The SMILES string of the molecule is CC(O)N1c2ccc(C(N)=O)cc2[C@H](Nc2ccc(C#N)nc2)[C@@H](C)[C@@H]1C1CC1. The van der Waals surface area contributed by atoms with Crippen molar-refractivity contribution >= 4 is 17.3 Å². The zero-order valence-corrected chi connectivity index (χ0v) is 16.5. The standard InChI is InChI=1S/C22H25N5O2/c1-12-20(26-17-7-6-16(10-23)25-11-17)18-9-15(22(24)29)5-8-19(18)27(13(2)28)21(12)14-3-4-14/h5-9,11-14,20-21,26,28H,3-4H2,1-2H3,(H2,24,29)/t12-,13?,20-,21-/m1/s1. The van der Waals surface area contributed by atoms with Gasteiger partial charge in [0.1, 0.15) is 18.0 Å². The lowest BCUT2D eigenvalue weighted by Gasteiger charge is -2.48. The molecule has 1 unspecified atom stereocenters. The largest absolute Gasteiger partial charge is 0.377 e. The summed E-state index contributed by atoms with van der Waals surface area (Å²) < 4.78 is 0. The number of rotatable bonds is 5. The molecule has 0 spiro atoms. The first-order chi connectivity index (χ1) is 13.9. The average Bonchev–Trinajstić information content (AvgIpc) is 3.54.